The number of benzene rings is 1. The number of hydrogen-bond acceptors (Lipinski definition) is 4. The summed E-state index contributed by atoms with van der Waals surface area (Å²) in [5.74, 6) is -0.737. The zero-order valence-electron chi connectivity index (χ0n) is 12.8. The number of carbonyl (C=O) groups is 2. The lowest BCUT2D eigenvalue weighted by Crippen LogP contribution is -2.56. The van der Waals surface area contributed by atoms with E-state index in [9.17, 15) is 19.1 Å². The molecule has 0 bridgehead atoms. The number of ether oxygens (including phenoxy) is 1. The first-order chi connectivity index (χ1) is 10.9. The van der Waals surface area contributed by atoms with Crippen LogP contribution in [0.3, 0.4) is 0 Å². The van der Waals surface area contributed by atoms with Gasteiger partial charge in [0.2, 0.25) is 5.91 Å². The van der Waals surface area contributed by atoms with Gasteiger partial charge in [0.05, 0.1) is 18.6 Å². The van der Waals surface area contributed by atoms with Crippen molar-refractivity contribution in [3.05, 3.63) is 35.6 Å². The Balaban J connectivity index is 1.43. The van der Waals surface area contributed by atoms with E-state index >= 15 is 0 Å². The molecule has 0 aromatic heterocycles. The van der Waals surface area contributed by atoms with Crippen LogP contribution in [0.15, 0.2) is 24.3 Å². The summed E-state index contributed by atoms with van der Waals surface area (Å²) in [6, 6.07) is 6.12. The average Bonchev–Trinajstić information content (AvgIpc) is 2.82. The fraction of sp³-hybridized carbons (Fsp3) is 0.529. The van der Waals surface area contributed by atoms with E-state index in [1.807, 2.05) is 0 Å². The summed E-state index contributed by atoms with van der Waals surface area (Å²) in [7, 11) is 0. The van der Waals surface area contributed by atoms with Gasteiger partial charge in [-0.15, -0.1) is 0 Å². The molecule has 6 heteroatoms. The molecule has 1 saturated heterocycles. The third kappa shape index (κ3) is 4.07. The third-order valence-corrected chi connectivity index (χ3v) is 4.45. The van der Waals surface area contributed by atoms with Gasteiger partial charge in [0.1, 0.15) is 5.82 Å². The Hall–Kier alpha value is -1.95. The minimum Gasteiger partial charge on any atom is -0.465 e. The third-order valence-electron chi connectivity index (χ3n) is 4.45. The maximum absolute atomic E-state index is 13.2. The van der Waals surface area contributed by atoms with Crippen molar-refractivity contribution < 1.29 is 23.8 Å². The van der Waals surface area contributed by atoms with Crippen molar-refractivity contribution in [2.24, 2.45) is 5.92 Å². The minimum atomic E-state index is -0.891. The van der Waals surface area contributed by atoms with Crippen LogP contribution in [0.5, 0.6) is 0 Å². The van der Waals surface area contributed by atoms with Crippen molar-refractivity contribution >= 4 is 11.9 Å². The van der Waals surface area contributed by atoms with Crippen LogP contribution in [0.4, 0.5) is 4.39 Å². The summed E-state index contributed by atoms with van der Waals surface area (Å²) in [6.07, 6.45) is 1.85. The normalized spacial score (nSPS) is 29.7. The number of carbonyl (C=O) groups excluding carboxylic acids is 2. The van der Waals surface area contributed by atoms with E-state index in [1.54, 1.807) is 12.1 Å². The van der Waals surface area contributed by atoms with Crippen molar-refractivity contribution in [2.75, 3.05) is 6.61 Å². The molecule has 124 valence electrons. The molecule has 0 radical (unpaired) electrons. The second kappa shape index (κ2) is 6.28. The van der Waals surface area contributed by atoms with E-state index in [-0.39, 0.29) is 36.1 Å². The molecule has 1 unspecified atom stereocenters. The van der Waals surface area contributed by atoms with Crippen LogP contribution in [-0.2, 0) is 20.7 Å². The molecular formula is C17H20FNO4. The summed E-state index contributed by atoms with van der Waals surface area (Å²) in [6.45, 7) is 0.306. The molecule has 1 saturated carbocycles. The second-order valence-electron chi connectivity index (χ2n) is 6.66. The molecule has 1 atom stereocenters. The smallest absolute Gasteiger partial charge is 0.306 e. The first kappa shape index (κ1) is 15.9. The SMILES string of the molecule is O=C(CC1COC(=O)C1)NC1CC(O)(Cc2cccc(F)c2)C1. The molecule has 1 aromatic carbocycles. The zero-order chi connectivity index (χ0) is 16.4. The summed E-state index contributed by atoms with van der Waals surface area (Å²) >= 11 is 0. The van der Waals surface area contributed by atoms with Gasteiger partial charge in [-0.1, -0.05) is 12.1 Å². The topological polar surface area (TPSA) is 75.6 Å². The lowest BCUT2D eigenvalue weighted by Gasteiger charge is -2.44. The highest BCUT2D eigenvalue weighted by Crippen LogP contribution is 2.35. The molecule has 1 aliphatic carbocycles. The molecule has 1 amide bonds. The molecule has 1 aliphatic heterocycles. The van der Waals surface area contributed by atoms with E-state index in [2.05, 4.69) is 5.32 Å². The number of aliphatic hydroxyl groups is 1. The highest BCUT2D eigenvalue weighted by molar-refractivity contribution is 5.78. The monoisotopic (exact) mass is 321 g/mol. The Bertz CT molecular complexity index is 612. The highest BCUT2D eigenvalue weighted by Gasteiger charge is 2.43. The van der Waals surface area contributed by atoms with Gasteiger partial charge in [0, 0.05) is 24.8 Å². The lowest BCUT2D eigenvalue weighted by molar-refractivity contribution is -0.138. The highest BCUT2D eigenvalue weighted by atomic mass is 19.1. The van der Waals surface area contributed by atoms with Crippen LogP contribution in [0.1, 0.15) is 31.2 Å². The fourth-order valence-electron chi connectivity index (χ4n) is 3.38. The summed E-state index contributed by atoms with van der Waals surface area (Å²) in [5, 5.41) is 13.3. The fourth-order valence-corrected chi connectivity index (χ4v) is 3.38. The van der Waals surface area contributed by atoms with E-state index in [0.717, 1.165) is 5.56 Å². The summed E-state index contributed by atoms with van der Waals surface area (Å²) < 4.78 is 18.0. The molecule has 0 spiro atoms. The first-order valence-electron chi connectivity index (χ1n) is 7.84. The van der Waals surface area contributed by atoms with Crippen molar-refractivity contribution in [1.29, 1.82) is 0 Å². The zero-order valence-corrected chi connectivity index (χ0v) is 12.8. The second-order valence-corrected chi connectivity index (χ2v) is 6.66. The Morgan fingerprint density at radius 2 is 2.22 bits per heavy atom. The molecule has 3 rings (SSSR count). The number of hydrogen-bond donors (Lipinski definition) is 2. The maximum atomic E-state index is 13.2. The predicted octanol–water partition coefficient (Wildman–Crippen LogP) is 1.33. The quantitative estimate of drug-likeness (QED) is 0.802. The lowest BCUT2D eigenvalue weighted by atomic mass is 9.72. The molecule has 23 heavy (non-hydrogen) atoms. The number of esters is 1. The van der Waals surface area contributed by atoms with Crippen LogP contribution in [0.25, 0.3) is 0 Å². The van der Waals surface area contributed by atoms with Gasteiger partial charge in [-0.25, -0.2) is 4.39 Å². The predicted molar refractivity (Wildman–Crippen MR) is 79.9 cm³/mol. The van der Waals surface area contributed by atoms with Crippen LogP contribution in [0.2, 0.25) is 0 Å². The van der Waals surface area contributed by atoms with E-state index < -0.39 is 5.60 Å². The average molecular weight is 321 g/mol. The van der Waals surface area contributed by atoms with E-state index in [0.29, 0.717) is 32.3 Å². The van der Waals surface area contributed by atoms with Gasteiger partial charge >= 0.3 is 5.97 Å². The van der Waals surface area contributed by atoms with Gasteiger partial charge in [0.25, 0.3) is 0 Å². The molecule has 2 fully saturated rings. The molecule has 2 aliphatic rings. The molecule has 1 heterocycles. The molecule has 1 aromatic rings. The minimum absolute atomic E-state index is 0.0474. The van der Waals surface area contributed by atoms with Gasteiger partial charge in [0.15, 0.2) is 0 Å². The molecular weight excluding hydrogens is 301 g/mol. The number of amides is 1. The van der Waals surface area contributed by atoms with Crippen molar-refractivity contribution in [1.82, 2.24) is 5.32 Å². The largest absolute Gasteiger partial charge is 0.465 e. The Morgan fingerprint density at radius 1 is 1.43 bits per heavy atom. The van der Waals surface area contributed by atoms with E-state index in [1.165, 1.54) is 12.1 Å². The Labute approximate surface area is 133 Å². The van der Waals surface area contributed by atoms with Crippen LogP contribution < -0.4 is 5.32 Å². The number of halogens is 1. The van der Waals surface area contributed by atoms with Gasteiger partial charge < -0.3 is 15.2 Å². The standard InChI is InChI=1S/C17H20FNO4/c18-13-3-1-2-11(4-13)7-17(22)8-14(9-17)19-15(20)5-12-6-16(21)23-10-12/h1-4,12,14,22H,5-10H2,(H,19,20). The number of rotatable bonds is 5. The Morgan fingerprint density at radius 3 is 2.87 bits per heavy atom. The van der Waals surface area contributed by atoms with Crippen LogP contribution in [0, 0.1) is 11.7 Å². The molecule has 5 nitrogen and oxygen atoms in total. The van der Waals surface area contributed by atoms with Crippen molar-refractivity contribution in [3.63, 3.8) is 0 Å². The van der Waals surface area contributed by atoms with Gasteiger partial charge in [-0.3, -0.25) is 9.59 Å². The van der Waals surface area contributed by atoms with E-state index in [4.69, 9.17) is 4.74 Å². The van der Waals surface area contributed by atoms with Crippen LogP contribution in [-0.4, -0.2) is 35.2 Å². The summed E-state index contributed by atoms with van der Waals surface area (Å²) in [4.78, 5) is 22.9. The van der Waals surface area contributed by atoms with Gasteiger partial charge in [-0.2, -0.15) is 0 Å². The first-order valence-corrected chi connectivity index (χ1v) is 7.84. The van der Waals surface area contributed by atoms with Crippen molar-refractivity contribution in [2.45, 2.75) is 43.7 Å². The molecule has 2 N–H and O–H groups in total. The number of cyclic esters (lactones) is 1. The van der Waals surface area contributed by atoms with Crippen LogP contribution >= 0.6 is 0 Å². The Kier molecular flexibility index (Phi) is 4.35. The van der Waals surface area contributed by atoms with Crippen molar-refractivity contribution in [3.8, 4) is 0 Å². The van der Waals surface area contributed by atoms with Gasteiger partial charge in [-0.05, 0) is 30.5 Å². The summed E-state index contributed by atoms with van der Waals surface area (Å²) in [5.41, 5.74) is -0.142. The number of nitrogens with one attached hydrogen (secondary N) is 1. The maximum Gasteiger partial charge on any atom is 0.306 e.